The van der Waals surface area contributed by atoms with E-state index in [-0.39, 0.29) is 13.2 Å². The second-order valence-electron chi connectivity index (χ2n) is 5.66. The number of carbonyl (C=O) groups excluding carboxylic acids is 3. The van der Waals surface area contributed by atoms with Gasteiger partial charge in [0.05, 0.1) is 7.11 Å². The van der Waals surface area contributed by atoms with Gasteiger partial charge in [-0.15, -0.1) is 0 Å². The molecule has 0 bridgehead atoms. The third-order valence-corrected chi connectivity index (χ3v) is 3.56. The Morgan fingerprint density at radius 1 is 0.821 bits per heavy atom. The van der Waals surface area contributed by atoms with E-state index in [2.05, 4.69) is 10.6 Å². The number of amides is 2. The van der Waals surface area contributed by atoms with E-state index in [1.807, 2.05) is 18.2 Å². The van der Waals surface area contributed by atoms with Crippen LogP contribution in [0.5, 0.6) is 11.5 Å². The Bertz CT molecular complexity index is 777. The summed E-state index contributed by atoms with van der Waals surface area (Å²) in [6.07, 6.45) is 0. The Hall–Kier alpha value is -3.55. The first-order chi connectivity index (χ1) is 13.6. The molecule has 148 valence electrons. The fraction of sp³-hybridized carbons (Fsp3) is 0.250. The van der Waals surface area contributed by atoms with Crippen molar-refractivity contribution in [1.82, 2.24) is 10.6 Å². The van der Waals surface area contributed by atoms with Crippen LogP contribution in [-0.4, -0.2) is 44.7 Å². The van der Waals surface area contributed by atoms with E-state index in [4.69, 9.17) is 14.2 Å². The van der Waals surface area contributed by atoms with Gasteiger partial charge in [-0.2, -0.15) is 0 Å². The Labute approximate surface area is 162 Å². The first kappa shape index (κ1) is 20.8. The van der Waals surface area contributed by atoms with E-state index in [1.165, 1.54) is 0 Å². The van der Waals surface area contributed by atoms with E-state index in [9.17, 15) is 14.4 Å². The number of esters is 1. The van der Waals surface area contributed by atoms with Gasteiger partial charge in [0.1, 0.15) is 18.0 Å². The zero-order chi connectivity index (χ0) is 20.2. The van der Waals surface area contributed by atoms with Gasteiger partial charge in [-0.1, -0.05) is 30.3 Å². The van der Waals surface area contributed by atoms with Crippen molar-refractivity contribution in [3.8, 4) is 11.5 Å². The minimum atomic E-state index is -0.715. The molecule has 0 saturated heterocycles. The minimum Gasteiger partial charge on any atom is -0.497 e. The molecule has 0 aliphatic carbocycles. The molecule has 2 amide bonds. The molecule has 0 aromatic heterocycles. The maximum absolute atomic E-state index is 11.7. The summed E-state index contributed by atoms with van der Waals surface area (Å²) in [5, 5.41) is 4.99. The van der Waals surface area contributed by atoms with Crippen LogP contribution in [0.25, 0.3) is 0 Å². The maximum Gasteiger partial charge on any atom is 0.325 e. The van der Waals surface area contributed by atoms with Crippen molar-refractivity contribution in [3.05, 3.63) is 60.2 Å². The summed E-state index contributed by atoms with van der Waals surface area (Å²) < 4.78 is 15.1. The highest BCUT2D eigenvalue weighted by atomic mass is 16.5. The lowest BCUT2D eigenvalue weighted by molar-refractivity contribution is -0.148. The molecule has 0 heterocycles. The lowest BCUT2D eigenvalue weighted by Gasteiger charge is -2.09. The molecule has 2 rings (SSSR count). The van der Waals surface area contributed by atoms with Gasteiger partial charge in [0.25, 0.3) is 11.8 Å². The second kappa shape index (κ2) is 11.2. The summed E-state index contributed by atoms with van der Waals surface area (Å²) in [6.45, 7) is -0.693. The number of hydrogen-bond donors (Lipinski definition) is 2. The van der Waals surface area contributed by atoms with Crippen LogP contribution in [0.15, 0.2) is 54.6 Å². The van der Waals surface area contributed by atoms with Crippen molar-refractivity contribution < 1.29 is 28.6 Å². The quantitative estimate of drug-likeness (QED) is 0.592. The molecule has 2 aromatic carbocycles. The molecule has 8 heteroatoms. The topological polar surface area (TPSA) is 103 Å². The van der Waals surface area contributed by atoms with Crippen molar-refractivity contribution in [1.29, 1.82) is 0 Å². The summed E-state index contributed by atoms with van der Waals surface area (Å²) in [5.74, 6) is -0.352. The molecule has 0 saturated carbocycles. The number of carbonyl (C=O) groups is 3. The summed E-state index contributed by atoms with van der Waals surface area (Å²) in [6, 6.07) is 16.0. The fourth-order valence-corrected chi connectivity index (χ4v) is 2.08. The molecule has 0 aliphatic rings. The largest absolute Gasteiger partial charge is 0.497 e. The van der Waals surface area contributed by atoms with Gasteiger partial charge in [0.15, 0.2) is 13.2 Å². The molecular weight excluding hydrogens is 364 g/mol. The van der Waals surface area contributed by atoms with Crippen LogP contribution < -0.4 is 20.1 Å². The van der Waals surface area contributed by atoms with Crippen LogP contribution in [0.4, 0.5) is 0 Å². The van der Waals surface area contributed by atoms with Crippen molar-refractivity contribution in [2.24, 2.45) is 0 Å². The number of methoxy groups -OCH3 is 1. The predicted molar refractivity (Wildman–Crippen MR) is 101 cm³/mol. The SMILES string of the molecule is COc1ccc(CNC(=O)COC(=O)CNC(=O)COc2ccccc2)cc1. The Morgan fingerprint density at radius 2 is 1.50 bits per heavy atom. The molecule has 2 N–H and O–H groups in total. The molecule has 0 atom stereocenters. The third-order valence-electron chi connectivity index (χ3n) is 3.56. The average Bonchev–Trinajstić information content (AvgIpc) is 2.74. The van der Waals surface area contributed by atoms with Crippen molar-refractivity contribution in [2.45, 2.75) is 6.54 Å². The van der Waals surface area contributed by atoms with Gasteiger partial charge in [-0.3, -0.25) is 14.4 Å². The first-order valence-corrected chi connectivity index (χ1v) is 8.56. The molecule has 0 fully saturated rings. The highest BCUT2D eigenvalue weighted by Gasteiger charge is 2.10. The monoisotopic (exact) mass is 386 g/mol. The zero-order valence-electron chi connectivity index (χ0n) is 15.5. The maximum atomic E-state index is 11.7. The van der Waals surface area contributed by atoms with Crippen LogP contribution in [-0.2, 0) is 25.7 Å². The third kappa shape index (κ3) is 7.77. The summed E-state index contributed by atoms with van der Waals surface area (Å²) >= 11 is 0. The molecule has 8 nitrogen and oxygen atoms in total. The van der Waals surface area contributed by atoms with E-state index in [0.717, 1.165) is 11.3 Å². The number of hydrogen-bond acceptors (Lipinski definition) is 6. The lowest BCUT2D eigenvalue weighted by atomic mass is 10.2. The summed E-state index contributed by atoms with van der Waals surface area (Å²) in [5.41, 5.74) is 0.881. The second-order valence-corrected chi connectivity index (χ2v) is 5.66. The van der Waals surface area contributed by atoms with E-state index in [0.29, 0.717) is 12.3 Å². The number of benzene rings is 2. The van der Waals surface area contributed by atoms with Gasteiger partial charge in [0.2, 0.25) is 0 Å². The standard InChI is InChI=1S/C20H22N2O6/c1-26-16-9-7-15(8-10-16)11-21-19(24)14-28-20(25)12-22-18(23)13-27-17-5-3-2-4-6-17/h2-10H,11-14H2,1H3,(H,21,24)(H,22,23). The zero-order valence-corrected chi connectivity index (χ0v) is 15.5. The molecule has 0 aliphatic heterocycles. The molecule has 0 unspecified atom stereocenters. The van der Waals surface area contributed by atoms with E-state index >= 15 is 0 Å². The molecule has 0 spiro atoms. The molecular formula is C20H22N2O6. The summed E-state index contributed by atoms with van der Waals surface area (Å²) in [7, 11) is 1.57. The summed E-state index contributed by atoms with van der Waals surface area (Å²) in [4.78, 5) is 35.0. The van der Waals surface area contributed by atoms with Crippen LogP contribution >= 0.6 is 0 Å². The van der Waals surface area contributed by atoms with Crippen molar-refractivity contribution in [3.63, 3.8) is 0 Å². The molecule has 2 aromatic rings. The highest BCUT2D eigenvalue weighted by Crippen LogP contribution is 2.10. The lowest BCUT2D eigenvalue weighted by Crippen LogP contribution is -2.35. The van der Waals surface area contributed by atoms with Crippen molar-refractivity contribution >= 4 is 17.8 Å². The van der Waals surface area contributed by atoms with Gasteiger partial charge in [0, 0.05) is 6.54 Å². The number of ether oxygens (including phenoxy) is 3. The highest BCUT2D eigenvalue weighted by molar-refractivity contribution is 5.84. The number of nitrogens with one attached hydrogen (secondary N) is 2. The van der Waals surface area contributed by atoms with Gasteiger partial charge < -0.3 is 24.8 Å². The Kier molecular flexibility index (Phi) is 8.32. The van der Waals surface area contributed by atoms with Gasteiger partial charge in [-0.25, -0.2) is 0 Å². The van der Waals surface area contributed by atoms with Crippen molar-refractivity contribution in [2.75, 3.05) is 26.9 Å². The van der Waals surface area contributed by atoms with Crippen LogP contribution in [0.3, 0.4) is 0 Å². The number of rotatable bonds is 10. The average molecular weight is 386 g/mol. The fourth-order valence-electron chi connectivity index (χ4n) is 2.08. The Balaban J connectivity index is 1.58. The van der Waals surface area contributed by atoms with E-state index in [1.54, 1.807) is 43.5 Å². The Morgan fingerprint density at radius 3 is 2.18 bits per heavy atom. The molecule has 0 radical (unpaired) electrons. The van der Waals surface area contributed by atoms with Crippen LogP contribution in [0, 0.1) is 0 Å². The molecule has 28 heavy (non-hydrogen) atoms. The normalized spacial score (nSPS) is 9.89. The van der Waals surface area contributed by atoms with Crippen LogP contribution in [0.1, 0.15) is 5.56 Å². The number of para-hydroxylation sites is 1. The smallest absolute Gasteiger partial charge is 0.325 e. The van der Waals surface area contributed by atoms with Crippen LogP contribution in [0.2, 0.25) is 0 Å². The van der Waals surface area contributed by atoms with E-state index < -0.39 is 24.4 Å². The van der Waals surface area contributed by atoms with Gasteiger partial charge in [-0.05, 0) is 29.8 Å². The minimum absolute atomic E-state index is 0.223. The predicted octanol–water partition coefficient (Wildman–Crippen LogP) is 1.05. The first-order valence-electron chi connectivity index (χ1n) is 8.56. The van der Waals surface area contributed by atoms with Gasteiger partial charge >= 0.3 is 5.97 Å².